The first-order valence-corrected chi connectivity index (χ1v) is 6.06. The summed E-state index contributed by atoms with van der Waals surface area (Å²) < 4.78 is 5.62. The quantitative estimate of drug-likeness (QED) is 0.199. The highest BCUT2D eigenvalue weighted by Crippen LogP contribution is 2.22. The molecule has 0 aromatic carbocycles. The predicted octanol–water partition coefficient (Wildman–Crippen LogP) is 0.918. The molecule has 1 fully saturated rings. The van der Waals surface area contributed by atoms with Gasteiger partial charge in [-0.25, -0.2) is 0 Å². The second-order valence-electron chi connectivity index (χ2n) is 4.27. The van der Waals surface area contributed by atoms with E-state index in [1.165, 1.54) is 0 Å². The largest absolute Gasteiger partial charge is 0.409 e. The maximum Gasteiger partial charge on any atom is 0.139 e. The number of nitrogens with zero attached hydrogens (tertiary/aromatic N) is 1. The molecule has 0 aromatic heterocycles. The topological polar surface area (TPSA) is 79.9 Å². The van der Waals surface area contributed by atoms with Crippen LogP contribution in [-0.4, -0.2) is 36.8 Å². The standard InChI is InChI=1S/C11H23N3O2/c1-2-10-9(5-7-16-10)8-13-6-3-4-11(12)14-15/h9-10,13,15H,2-8H2,1H3,(H2,12,14). The number of hydrogen-bond donors (Lipinski definition) is 3. The molecule has 0 aromatic rings. The number of amidine groups is 1. The van der Waals surface area contributed by atoms with Crippen molar-refractivity contribution < 1.29 is 9.94 Å². The van der Waals surface area contributed by atoms with Crippen LogP contribution in [-0.2, 0) is 4.74 Å². The maximum absolute atomic E-state index is 8.36. The summed E-state index contributed by atoms with van der Waals surface area (Å²) in [4.78, 5) is 0. The summed E-state index contributed by atoms with van der Waals surface area (Å²) in [6.07, 6.45) is 4.22. The van der Waals surface area contributed by atoms with Crippen molar-refractivity contribution in [3.8, 4) is 0 Å². The van der Waals surface area contributed by atoms with Gasteiger partial charge in [-0.1, -0.05) is 12.1 Å². The monoisotopic (exact) mass is 229 g/mol. The molecule has 2 atom stereocenters. The van der Waals surface area contributed by atoms with Gasteiger partial charge in [-0.2, -0.15) is 0 Å². The predicted molar refractivity (Wildman–Crippen MR) is 63.7 cm³/mol. The SMILES string of the molecule is CCC1OCCC1CNCCCC(N)=NO. The van der Waals surface area contributed by atoms with Gasteiger partial charge in [0.25, 0.3) is 0 Å². The number of nitrogens with two attached hydrogens (primary N) is 1. The van der Waals surface area contributed by atoms with E-state index in [0.717, 1.165) is 39.0 Å². The van der Waals surface area contributed by atoms with Crippen LogP contribution in [0.15, 0.2) is 5.16 Å². The second kappa shape index (κ2) is 7.46. The van der Waals surface area contributed by atoms with Crippen molar-refractivity contribution in [2.24, 2.45) is 16.8 Å². The van der Waals surface area contributed by atoms with Crippen LogP contribution in [0, 0.1) is 5.92 Å². The lowest BCUT2D eigenvalue weighted by molar-refractivity contribution is 0.0873. The summed E-state index contributed by atoms with van der Waals surface area (Å²) in [7, 11) is 0. The van der Waals surface area contributed by atoms with Gasteiger partial charge in [0, 0.05) is 19.6 Å². The molecule has 1 heterocycles. The van der Waals surface area contributed by atoms with Crippen molar-refractivity contribution in [1.82, 2.24) is 5.32 Å². The van der Waals surface area contributed by atoms with E-state index in [1.807, 2.05) is 0 Å². The zero-order valence-corrected chi connectivity index (χ0v) is 9.98. The number of oxime groups is 1. The van der Waals surface area contributed by atoms with E-state index in [-0.39, 0.29) is 0 Å². The van der Waals surface area contributed by atoms with Gasteiger partial charge in [-0.3, -0.25) is 0 Å². The summed E-state index contributed by atoms with van der Waals surface area (Å²) in [5, 5.41) is 14.7. The average Bonchev–Trinajstić information content (AvgIpc) is 2.75. The molecular weight excluding hydrogens is 206 g/mol. The van der Waals surface area contributed by atoms with Gasteiger partial charge >= 0.3 is 0 Å². The third-order valence-electron chi connectivity index (χ3n) is 3.07. The molecule has 1 saturated heterocycles. The number of nitrogens with one attached hydrogen (secondary N) is 1. The van der Waals surface area contributed by atoms with Crippen molar-refractivity contribution in [2.75, 3.05) is 19.7 Å². The Bertz CT molecular complexity index is 221. The average molecular weight is 229 g/mol. The second-order valence-corrected chi connectivity index (χ2v) is 4.27. The van der Waals surface area contributed by atoms with Crippen LogP contribution in [0.1, 0.15) is 32.6 Å². The number of hydrogen-bond acceptors (Lipinski definition) is 4. The Labute approximate surface area is 97.0 Å². The van der Waals surface area contributed by atoms with Crippen molar-refractivity contribution in [2.45, 2.75) is 38.7 Å². The minimum atomic E-state index is 0.303. The summed E-state index contributed by atoms with van der Waals surface area (Å²) in [6.45, 7) is 4.98. The molecule has 16 heavy (non-hydrogen) atoms. The molecule has 2 unspecified atom stereocenters. The lowest BCUT2D eigenvalue weighted by Crippen LogP contribution is -2.29. The minimum absolute atomic E-state index is 0.303. The Morgan fingerprint density at radius 1 is 1.62 bits per heavy atom. The summed E-state index contributed by atoms with van der Waals surface area (Å²) in [5.41, 5.74) is 5.37. The van der Waals surface area contributed by atoms with Gasteiger partial charge in [0.1, 0.15) is 5.84 Å². The third kappa shape index (κ3) is 4.37. The first kappa shape index (κ1) is 13.3. The molecule has 5 heteroatoms. The third-order valence-corrected chi connectivity index (χ3v) is 3.07. The van der Waals surface area contributed by atoms with Crippen molar-refractivity contribution in [3.05, 3.63) is 0 Å². The molecule has 1 aliphatic heterocycles. The Morgan fingerprint density at radius 3 is 3.12 bits per heavy atom. The van der Waals surface area contributed by atoms with E-state index in [1.54, 1.807) is 0 Å². The molecule has 4 N–H and O–H groups in total. The van der Waals surface area contributed by atoms with Gasteiger partial charge in [0.05, 0.1) is 6.10 Å². The summed E-state index contributed by atoms with van der Waals surface area (Å²) >= 11 is 0. The van der Waals surface area contributed by atoms with Crippen LogP contribution in [0.2, 0.25) is 0 Å². The van der Waals surface area contributed by atoms with E-state index < -0.39 is 0 Å². The number of ether oxygens (including phenoxy) is 1. The smallest absolute Gasteiger partial charge is 0.139 e. The first-order chi connectivity index (χ1) is 7.77. The van der Waals surface area contributed by atoms with Crippen LogP contribution in [0.3, 0.4) is 0 Å². The highest BCUT2D eigenvalue weighted by molar-refractivity contribution is 5.79. The highest BCUT2D eigenvalue weighted by Gasteiger charge is 2.25. The Hall–Kier alpha value is -0.810. The fraction of sp³-hybridized carbons (Fsp3) is 0.909. The fourth-order valence-corrected chi connectivity index (χ4v) is 2.11. The molecule has 0 spiro atoms. The Kier molecular flexibility index (Phi) is 6.18. The lowest BCUT2D eigenvalue weighted by Gasteiger charge is -2.17. The van der Waals surface area contributed by atoms with Crippen LogP contribution >= 0.6 is 0 Å². The highest BCUT2D eigenvalue weighted by atomic mass is 16.5. The van der Waals surface area contributed by atoms with Crippen molar-refractivity contribution >= 4 is 5.84 Å². The van der Waals surface area contributed by atoms with Gasteiger partial charge < -0.3 is 21.0 Å². The van der Waals surface area contributed by atoms with Gasteiger partial charge in [0.15, 0.2) is 0 Å². The van der Waals surface area contributed by atoms with Gasteiger partial charge in [-0.05, 0) is 31.7 Å². The normalized spacial score (nSPS) is 26.2. The van der Waals surface area contributed by atoms with E-state index in [2.05, 4.69) is 17.4 Å². The molecule has 5 nitrogen and oxygen atoms in total. The van der Waals surface area contributed by atoms with Crippen molar-refractivity contribution in [1.29, 1.82) is 0 Å². The molecule has 0 bridgehead atoms. The summed E-state index contributed by atoms with van der Waals surface area (Å²) in [6, 6.07) is 0. The molecular formula is C11H23N3O2. The number of rotatable bonds is 7. The zero-order chi connectivity index (χ0) is 11.8. The van der Waals surface area contributed by atoms with Crippen LogP contribution in [0.4, 0.5) is 0 Å². The van der Waals surface area contributed by atoms with Crippen molar-refractivity contribution in [3.63, 3.8) is 0 Å². The van der Waals surface area contributed by atoms with E-state index in [0.29, 0.717) is 24.3 Å². The Morgan fingerprint density at radius 2 is 2.44 bits per heavy atom. The lowest BCUT2D eigenvalue weighted by atomic mass is 10.00. The Balaban J connectivity index is 2.02. The van der Waals surface area contributed by atoms with Crippen LogP contribution < -0.4 is 11.1 Å². The molecule has 0 aliphatic carbocycles. The molecule has 0 saturated carbocycles. The fourth-order valence-electron chi connectivity index (χ4n) is 2.11. The van der Waals surface area contributed by atoms with Gasteiger partial charge in [-0.15, -0.1) is 0 Å². The van der Waals surface area contributed by atoms with E-state index >= 15 is 0 Å². The minimum Gasteiger partial charge on any atom is -0.409 e. The molecule has 94 valence electrons. The van der Waals surface area contributed by atoms with Crippen LogP contribution in [0.25, 0.3) is 0 Å². The zero-order valence-electron chi connectivity index (χ0n) is 9.98. The van der Waals surface area contributed by atoms with E-state index in [4.69, 9.17) is 15.7 Å². The molecule has 1 aliphatic rings. The molecule has 1 rings (SSSR count). The molecule has 0 amide bonds. The van der Waals surface area contributed by atoms with Gasteiger partial charge in [0.2, 0.25) is 0 Å². The molecule has 0 radical (unpaired) electrons. The summed E-state index contributed by atoms with van der Waals surface area (Å²) in [5.74, 6) is 0.950. The maximum atomic E-state index is 8.36. The first-order valence-electron chi connectivity index (χ1n) is 6.06. The van der Waals surface area contributed by atoms with Crippen LogP contribution in [0.5, 0.6) is 0 Å². The van der Waals surface area contributed by atoms with E-state index in [9.17, 15) is 0 Å².